The summed E-state index contributed by atoms with van der Waals surface area (Å²) in [6.45, 7) is 1.37. The quantitative estimate of drug-likeness (QED) is 0.353. The first kappa shape index (κ1) is 26.2. The summed E-state index contributed by atoms with van der Waals surface area (Å²) < 4.78 is 34.3. The topological polar surface area (TPSA) is 125 Å². The molecular formula is C30H26F2N4O6. The zero-order chi connectivity index (χ0) is 29.4. The summed E-state index contributed by atoms with van der Waals surface area (Å²) in [4.78, 5) is 52.5. The number of carboxylic acid groups (broad SMARTS) is 2. The molecule has 2 aromatic carbocycles. The van der Waals surface area contributed by atoms with E-state index in [0.717, 1.165) is 37.8 Å². The Balaban J connectivity index is 1.21. The Morgan fingerprint density at radius 3 is 1.31 bits per heavy atom. The van der Waals surface area contributed by atoms with Crippen molar-refractivity contribution in [3.8, 4) is 0 Å². The van der Waals surface area contributed by atoms with Gasteiger partial charge in [0, 0.05) is 61.4 Å². The molecule has 7 rings (SSSR count). The van der Waals surface area contributed by atoms with Crippen LogP contribution < -0.4 is 20.7 Å². The lowest BCUT2D eigenvalue weighted by Gasteiger charge is -2.38. The maximum atomic E-state index is 15.4. The van der Waals surface area contributed by atoms with Crippen LogP contribution in [0.3, 0.4) is 0 Å². The Hall–Kier alpha value is -4.74. The van der Waals surface area contributed by atoms with E-state index in [2.05, 4.69) is 0 Å². The van der Waals surface area contributed by atoms with Gasteiger partial charge in [0.15, 0.2) is 0 Å². The fourth-order valence-electron chi connectivity index (χ4n) is 6.00. The number of anilines is 2. The molecule has 0 bridgehead atoms. The summed E-state index contributed by atoms with van der Waals surface area (Å²) in [6.07, 6.45) is 6.04. The van der Waals surface area contributed by atoms with Crippen LogP contribution in [0.1, 0.15) is 58.5 Å². The second-order valence-electron chi connectivity index (χ2n) is 11.2. The van der Waals surface area contributed by atoms with Crippen LogP contribution in [-0.2, 0) is 0 Å². The lowest BCUT2D eigenvalue weighted by molar-refractivity contribution is 0.0684. The third kappa shape index (κ3) is 4.20. The molecule has 2 saturated carbocycles. The zero-order valence-corrected chi connectivity index (χ0v) is 22.3. The number of aromatic nitrogens is 2. The Bertz CT molecular complexity index is 1810. The number of nitrogens with zero attached hydrogens (tertiary/aromatic N) is 4. The summed E-state index contributed by atoms with van der Waals surface area (Å²) in [5.41, 5.74) is -0.717. The molecule has 2 aliphatic carbocycles. The molecule has 0 unspecified atom stereocenters. The number of hydrogen-bond acceptors (Lipinski definition) is 6. The molecule has 3 aliphatic rings. The minimum atomic E-state index is -1.35. The number of piperazine rings is 1. The number of pyridine rings is 2. The predicted molar refractivity (Wildman–Crippen MR) is 151 cm³/mol. The molecule has 2 N–H and O–H groups in total. The maximum Gasteiger partial charge on any atom is 0.341 e. The number of halogens is 2. The van der Waals surface area contributed by atoms with Gasteiger partial charge in [-0.15, -0.1) is 0 Å². The highest BCUT2D eigenvalue weighted by atomic mass is 19.1. The highest BCUT2D eigenvalue weighted by Gasteiger charge is 2.30. The van der Waals surface area contributed by atoms with Gasteiger partial charge >= 0.3 is 11.9 Å². The molecule has 1 aliphatic heterocycles. The number of carbonyl (C=O) groups is 2. The molecule has 1 saturated heterocycles. The van der Waals surface area contributed by atoms with Gasteiger partial charge in [0.25, 0.3) is 0 Å². The molecule has 42 heavy (non-hydrogen) atoms. The van der Waals surface area contributed by atoms with Crippen LogP contribution in [0.15, 0.2) is 46.2 Å². The van der Waals surface area contributed by atoms with Gasteiger partial charge in [0.1, 0.15) is 22.8 Å². The van der Waals surface area contributed by atoms with E-state index in [0.29, 0.717) is 37.2 Å². The van der Waals surface area contributed by atoms with Crippen LogP contribution in [0.25, 0.3) is 21.8 Å². The van der Waals surface area contributed by atoms with Crippen LogP contribution in [0.5, 0.6) is 0 Å². The molecule has 0 amide bonds. The van der Waals surface area contributed by atoms with E-state index in [1.54, 1.807) is 21.3 Å². The largest absolute Gasteiger partial charge is 0.477 e. The van der Waals surface area contributed by atoms with Crippen molar-refractivity contribution >= 4 is 45.1 Å². The average Bonchev–Trinajstić information content (AvgIpc) is 3.88. The second kappa shape index (κ2) is 9.40. The summed E-state index contributed by atoms with van der Waals surface area (Å²) >= 11 is 0. The van der Waals surface area contributed by atoms with Gasteiger partial charge in [-0.05, 0) is 49.9 Å². The third-order valence-corrected chi connectivity index (χ3v) is 8.50. The first-order valence-electron chi connectivity index (χ1n) is 13.9. The van der Waals surface area contributed by atoms with Crippen molar-refractivity contribution in [1.82, 2.24) is 9.13 Å². The van der Waals surface area contributed by atoms with Crippen LogP contribution in [0.2, 0.25) is 0 Å². The first-order valence-corrected chi connectivity index (χ1v) is 13.9. The molecule has 3 heterocycles. The van der Waals surface area contributed by atoms with Crippen LogP contribution in [-0.4, -0.2) is 57.5 Å². The molecular weight excluding hydrogens is 550 g/mol. The van der Waals surface area contributed by atoms with E-state index >= 15 is 8.78 Å². The monoisotopic (exact) mass is 576 g/mol. The zero-order valence-electron chi connectivity index (χ0n) is 22.3. The van der Waals surface area contributed by atoms with Gasteiger partial charge in [-0.2, -0.15) is 0 Å². The number of fused-ring (bicyclic) bond motifs is 2. The van der Waals surface area contributed by atoms with Gasteiger partial charge in [-0.25, -0.2) is 18.4 Å². The van der Waals surface area contributed by atoms with Crippen molar-refractivity contribution in [2.24, 2.45) is 0 Å². The highest BCUT2D eigenvalue weighted by Crippen LogP contribution is 2.40. The van der Waals surface area contributed by atoms with Gasteiger partial charge in [-0.3, -0.25) is 9.59 Å². The van der Waals surface area contributed by atoms with Crippen LogP contribution in [0.4, 0.5) is 20.2 Å². The van der Waals surface area contributed by atoms with E-state index in [9.17, 15) is 29.4 Å². The SMILES string of the molecule is O=C(O)c1cn(C2CC2)c2cc(N3CCN(c4cc5c(cc4F)c(=O)c(C(=O)O)cn5C4CC4)CC3)c(F)cc2c1=O. The van der Waals surface area contributed by atoms with Gasteiger partial charge in [0.2, 0.25) is 10.9 Å². The first-order chi connectivity index (χ1) is 20.1. The molecule has 2 aromatic heterocycles. The van der Waals surface area contributed by atoms with Crippen LogP contribution >= 0.6 is 0 Å². The standard InChI is InChI=1S/C30H26F2N4O6/c31-21-9-17-23(35(15-1-2-15)13-19(27(17)37)29(39)40)11-25(21)33-5-7-34(8-6-33)26-12-24-18(10-22(26)32)28(38)20(30(41)42)14-36(24)16-3-4-16/h9-16H,1-8H2,(H,39,40)(H,41,42). The number of benzene rings is 2. The summed E-state index contributed by atoms with van der Waals surface area (Å²) in [6, 6.07) is 5.51. The Morgan fingerprint density at radius 2 is 1.00 bits per heavy atom. The molecule has 4 aromatic rings. The predicted octanol–water partition coefficient (Wildman–Crippen LogP) is 3.99. The van der Waals surface area contributed by atoms with E-state index < -0.39 is 34.4 Å². The molecule has 3 fully saturated rings. The Kier molecular flexibility index (Phi) is 5.86. The van der Waals surface area contributed by atoms with Crippen molar-refractivity contribution in [3.05, 3.63) is 79.9 Å². The summed E-state index contributed by atoms with van der Waals surface area (Å²) in [7, 11) is 0. The third-order valence-electron chi connectivity index (χ3n) is 8.50. The highest BCUT2D eigenvalue weighted by molar-refractivity contribution is 5.94. The average molecular weight is 577 g/mol. The molecule has 10 nitrogen and oxygen atoms in total. The Morgan fingerprint density at radius 1 is 0.643 bits per heavy atom. The molecule has 12 heteroatoms. The molecule has 0 spiro atoms. The minimum Gasteiger partial charge on any atom is -0.477 e. The van der Waals surface area contributed by atoms with Gasteiger partial charge in [-0.1, -0.05) is 0 Å². The van der Waals surface area contributed by atoms with Crippen molar-refractivity contribution in [2.45, 2.75) is 37.8 Å². The number of aromatic carboxylic acids is 2. The van der Waals surface area contributed by atoms with E-state index in [1.807, 2.05) is 9.80 Å². The van der Waals surface area contributed by atoms with Gasteiger partial charge in [0.05, 0.1) is 22.4 Å². The lowest BCUT2D eigenvalue weighted by atomic mass is 10.1. The van der Waals surface area contributed by atoms with E-state index in [1.165, 1.54) is 12.4 Å². The van der Waals surface area contributed by atoms with E-state index in [-0.39, 0.29) is 45.4 Å². The molecule has 0 atom stereocenters. The number of carboxylic acids is 2. The molecule has 0 radical (unpaired) electrons. The molecule has 216 valence electrons. The fourth-order valence-corrected chi connectivity index (χ4v) is 6.00. The van der Waals surface area contributed by atoms with Crippen LogP contribution in [0, 0.1) is 11.6 Å². The van der Waals surface area contributed by atoms with Crippen molar-refractivity contribution in [1.29, 1.82) is 0 Å². The van der Waals surface area contributed by atoms with Crippen molar-refractivity contribution in [3.63, 3.8) is 0 Å². The van der Waals surface area contributed by atoms with E-state index in [4.69, 9.17) is 0 Å². The second-order valence-corrected chi connectivity index (χ2v) is 11.2. The number of hydrogen-bond donors (Lipinski definition) is 2. The Labute approximate surface area is 236 Å². The number of rotatable bonds is 6. The summed E-state index contributed by atoms with van der Waals surface area (Å²) in [5, 5.41) is 19.0. The fraction of sp³-hybridized carbons (Fsp3) is 0.333. The summed E-state index contributed by atoms with van der Waals surface area (Å²) in [5.74, 6) is -3.99. The maximum absolute atomic E-state index is 15.4. The normalized spacial score (nSPS) is 17.3. The minimum absolute atomic E-state index is 0.0210. The lowest BCUT2D eigenvalue weighted by Crippen LogP contribution is -2.47. The van der Waals surface area contributed by atoms with Crippen molar-refractivity contribution in [2.75, 3.05) is 36.0 Å². The van der Waals surface area contributed by atoms with Crippen molar-refractivity contribution < 1.29 is 28.6 Å². The van der Waals surface area contributed by atoms with Gasteiger partial charge < -0.3 is 29.1 Å². The smallest absolute Gasteiger partial charge is 0.341 e.